The van der Waals surface area contributed by atoms with Gasteiger partial charge in [-0.25, -0.2) is 0 Å². The first-order valence-corrected chi connectivity index (χ1v) is 4.45. The van der Waals surface area contributed by atoms with Crippen LogP contribution in [0.2, 0.25) is 0 Å². The minimum atomic E-state index is 0.390. The van der Waals surface area contributed by atoms with Crippen molar-refractivity contribution in [3.8, 4) is 0 Å². The van der Waals surface area contributed by atoms with E-state index in [1.165, 1.54) is 6.42 Å². The Bertz CT molecular complexity index is 269. The molecule has 1 saturated heterocycles. The summed E-state index contributed by atoms with van der Waals surface area (Å²) in [7, 11) is 0. The van der Waals surface area contributed by atoms with E-state index in [0.29, 0.717) is 12.1 Å². The summed E-state index contributed by atoms with van der Waals surface area (Å²) in [5, 5.41) is 7.32. The van der Waals surface area contributed by atoms with Crippen LogP contribution in [0.4, 0.5) is 0 Å². The molecule has 66 valence electrons. The highest BCUT2D eigenvalue weighted by Gasteiger charge is 2.24. The van der Waals surface area contributed by atoms with Crippen molar-refractivity contribution in [2.75, 3.05) is 0 Å². The Labute approximate surface area is 72.1 Å². The first-order chi connectivity index (χ1) is 5.75. The molecule has 12 heavy (non-hydrogen) atoms. The molecule has 3 nitrogen and oxygen atoms in total. The number of rotatable bonds is 1. The van der Waals surface area contributed by atoms with Crippen LogP contribution in [0.3, 0.4) is 0 Å². The van der Waals surface area contributed by atoms with Gasteiger partial charge in [-0.2, -0.15) is 0 Å². The van der Waals surface area contributed by atoms with Crippen LogP contribution in [0.5, 0.6) is 0 Å². The van der Waals surface area contributed by atoms with Crippen molar-refractivity contribution in [2.45, 2.75) is 38.8 Å². The first-order valence-electron chi connectivity index (χ1n) is 4.45. The predicted molar refractivity (Wildman–Crippen MR) is 45.8 cm³/mol. The molecule has 0 bridgehead atoms. The monoisotopic (exact) mass is 166 g/mol. The molecule has 0 aliphatic carbocycles. The zero-order chi connectivity index (χ0) is 8.55. The maximum Gasteiger partial charge on any atom is 0.153 e. The van der Waals surface area contributed by atoms with E-state index in [0.717, 1.165) is 17.9 Å². The minimum absolute atomic E-state index is 0.390. The molecule has 0 aromatic carbocycles. The molecule has 1 N–H and O–H groups in total. The van der Waals surface area contributed by atoms with Crippen LogP contribution < -0.4 is 5.32 Å². The third-order valence-corrected chi connectivity index (χ3v) is 2.36. The lowest BCUT2D eigenvalue weighted by Gasteiger charge is -2.06. The zero-order valence-corrected chi connectivity index (χ0v) is 7.50. The molecule has 2 heterocycles. The van der Waals surface area contributed by atoms with Gasteiger partial charge in [0.15, 0.2) is 5.76 Å². The lowest BCUT2D eigenvalue weighted by atomic mass is 10.1. The topological polar surface area (TPSA) is 38.1 Å². The molecule has 0 spiro atoms. The van der Waals surface area contributed by atoms with E-state index < -0.39 is 0 Å². The average Bonchev–Trinajstić information content (AvgIpc) is 2.58. The Kier molecular flexibility index (Phi) is 1.89. The average molecular weight is 166 g/mol. The summed E-state index contributed by atoms with van der Waals surface area (Å²) < 4.78 is 5.18. The van der Waals surface area contributed by atoms with Crippen LogP contribution in [0, 0.1) is 6.92 Å². The highest BCUT2D eigenvalue weighted by atomic mass is 16.5. The molecule has 2 unspecified atom stereocenters. The zero-order valence-electron chi connectivity index (χ0n) is 7.50. The van der Waals surface area contributed by atoms with Gasteiger partial charge in [0, 0.05) is 12.1 Å². The quantitative estimate of drug-likeness (QED) is 0.691. The smallest absolute Gasteiger partial charge is 0.153 e. The van der Waals surface area contributed by atoms with E-state index in [-0.39, 0.29) is 0 Å². The van der Waals surface area contributed by atoms with Gasteiger partial charge in [0.05, 0.1) is 11.7 Å². The van der Waals surface area contributed by atoms with Gasteiger partial charge in [-0.05, 0) is 26.7 Å². The van der Waals surface area contributed by atoms with Crippen molar-refractivity contribution in [2.24, 2.45) is 0 Å². The molecule has 1 aliphatic rings. The van der Waals surface area contributed by atoms with E-state index in [2.05, 4.69) is 17.4 Å². The van der Waals surface area contributed by atoms with E-state index >= 15 is 0 Å². The van der Waals surface area contributed by atoms with Crippen molar-refractivity contribution >= 4 is 0 Å². The van der Waals surface area contributed by atoms with E-state index in [9.17, 15) is 0 Å². The Morgan fingerprint density at radius 3 is 2.92 bits per heavy atom. The number of nitrogens with zero attached hydrogens (tertiary/aromatic N) is 1. The Hall–Kier alpha value is -0.830. The second-order valence-corrected chi connectivity index (χ2v) is 3.57. The second kappa shape index (κ2) is 2.90. The number of aryl methyl sites for hydroxylation is 1. The fraction of sp³-hybridized carbons (Fsp3) is 0.667. The van der Waals surface area contributed by atoms with Gasteiger partial charge in [-0.15, -0.1) is 0 Å². The second-order valence-electron chi connectivity index (χ2n) is 3.57. The minimum Gasteiger partial charge on any atom is -0.359 e. The summed E-state index contributed by atoms with van der Waals surface area (Å²) in [6, 6.07) is 3.01. The van der Waals surface area contributed by atoms with Crippen molar-refractivity contribution in [3.05, 3.63) is 17.5 Å². The van der Waals surface area contributed by atoms with E-state index in [1.54, 1.807) is 0 Å². The number of hydrogen-bond donors (Lipinski definition) is 1. The standard InChI is InChI=1S/C9H14N2O/c1-6-3-4-8(10-6)9-5-7(2)11-12-9/h5-6,8,10H,3-4H2,1-2H3. The summed E-state index contributed by atoms with van der Waals surface area (Å²) in [5.41, 5.74) is 0.964. The fourth-order valence-corrected chi connectivity index (χ4v) is 1.70. The Balaban J connectivity index is 2.11. The predicted octanol–water partition coefficient (Wildman–Crippen LogP) is 1.80. The molecule has 0 saturated carbocycles. The molecule has 1 fully saturated rings. The van der Waals surface area contributed by atoms with Crippen molar-refractivity contribution in [3.63, 3.8) is 0 Å². The summed E-state index contributed by atoms with van der Waals surface area (Å²) in [6.07, 6.45) is 2.39. The molecule has 0 amide bonds. The first kappa shape index (κ1) is 7.80. The molecule has 1 aromatic heterocycles. The highest BCUT2D eigenvalue weighted by molar-refractivity contribution is 5.09. The third kappa shape index (κ3) is 1.37. The van der Waals surface area contributed by atoms with Gasteiger partial charge in [-0.1, -0.05) is 5.16 Å². The summed E-state index contributed by atoms with van der Waals surface area (Å²) in [4.78, 5) is 0. The Morgan fingerprint density at radius 1 is 1.58 bits per heavy atom. The maximum absolute atomic E-state index is 5.18. The Morgan fingerprint density at radius 2 is 2.42 bits per heavy atom. The van der Waals surface area contributed by atoms with Crippen LogP contribution in [-0.2, 0) is 0 Å². The number of aromatic nitrogens is 1. The van der Waals surface area contributed by atoms with Crippen LogP contribution in [0.15, 0.2) is 10.6 Å². The van der Waals surface area contributed by atoms with Crippen LogP contribution >= 0.6 is 0 Å². The summed E-state index contributed by atoms with van der Waals surface area (Å²) >= 11 is 0. The van der Waals surface area contributed by atoms with Crippen molar-refractivity contribution in [1.82, 2.24) is 10.5 Å². The summed E-state index contributed by atoms with van der Waals surface area (Å²) in [6.45, 7) is 4.15. The largest absolute Gasteiger partial charge is 0.359 e. The van der Waals surface area contributed by atoms with Crippen molar-refractivity contribution in [1.29, 1.82) is 0 Å². The highest BCUT2D eigenvalue weighted by Crippen LogP contribution is 2.26. The van der Waals surface area contributed by atoms with Gasteiger partial charge >= 0.3 is 0 Å². The lowest BCUT2D eigenvalue weighted by Crippen LogP contribution is -2.20. The lowest BCUT2D eigenvalue weighted by molar-refractivity contribution is 0.345. The molecule has 1 aromatic rings. The number of hydrogen-bond acceptors (Lipinski definition) is 3. The van der Waals surface area contributed by atoms with Gasteiger partial charge < -0.3 is 9.84 Å². The van der Waals surface area contributed by atoms with Gasteiger partial charge in [-0.3, -0.25) is 0 Å². The molecular weight excluding hydrogens is 152 g/mol. The molecule has 2 rings (SSSR count). The molecule has 1 aliphatic heterocycles. The molecular formula is C9H14N2O. The normalized spacial score (nSPS) is 29.5. The van der Waals surface area contributed by atoms with Crippen LogP contribution in [0.25, 0.3) is 0 Å². The third-order valence-electron chi connectivity index (χ3n) is 2.36. The van der Waals surface area contributed by atoms with Gasteiger partial charge in [0.25, 0.3) is 0 Å². The SMILES string of the molecule is Cc1cc(C2CCC(C)N2)on1. The van der Waals surface area contributed by atoms with Crippen LogP contribution in [-0.4, -0.2) is 11.2 Å². The van der Waals surface area contributed by atoms with Gasteiger partial charge in [0.1, 0.15) is 0 Å². The molecule has 3 heteroatoms. The maximum atomic E-state index is 5.18. The van der Waals surface area contributed by atoms with Gasteiger partial charge in [0.2, 0.25) is 0 Å². The number of nitrogens with one attached hydrogen (secondary N) is 1. The summed E-state index contributed by atoms with van der Waals surface area (Å²) in [5.74, 6) is 0.983. The van der Waals surface area contributed by atoms with Crippen LogP contribution in [0.1, 0.15) is 37.3 Å². The van der Waals surface area contributed by atoms with E-state index in [1.807, 2.05) is 13.0 Å². The van der Waals surface area contributed by atoms with Crippen molar-refractivity contribution < 1.29 is 4.52 Å². The van der Waals surface area contributed by atoms with E-state index in [4.69, 9.17) is 4.52 Å². The fourth-order valence-electron chi connectivity index (χ4n) is 1.70. The molecule has 2 atom stereocenters. The molecule has 0 radical (unpaired) electrons.